The minimum atomic E-state index is 0.105. The molecule has 0 aliphatic heterocycles. The van der Waals surface area contributed by atoms with Crippen molar-refractivity contribution in [3.05, 3.63) is 193 Å². The first kappa shape index (κ1) is 33.3. The fourth-order valence-corrected chi connectivity index (χ4v) is 9.77. The molecule has 0 heteroatoms. The normalized spacial score (nSPS) is 13.0. The van der Waals surface area contributed by atoms with E-state index in [4.69, 9.17) is 0 Å². The van der Waals surface area contributed by atoms with Gasteiger partial charge in [-0.15, -0.1) is 0 Å². The fourth-order valence-electron chi connectivity index (χ4n) is 9.77. The van der Waals surface area contributed by atoms with E-state index in [0.717, 1.165) is 0 Å². The van der Waals surface area contributed by atoms with Crippen LogP contribution in [0.15, 0.2) is 182 Å². The maximum absolute atomic E-state index is 2.53. The van der Waals surface area contributed by atoms with Crippen molar-refractivity contribution in [2.45, 2.75) is 44.9 Å². The third kappa shape index (κ3) is 5.59. The van der Waals surface area contributed by atoms with Crippen molar-refractivity contribution < 1.29 is 0 Å². The molecule has 0 atom stereocenters. The van der Waals surface area contributed by atoms with Gasteiger partial charge in [-0.2, -0.15) is 0 Å². The van der Waals surface area contributed by atoms with E-state index >= 15 is 0 Å². The fraction of sp³-hybridized carbons (Fsp3) is 0.127. The third-order valence-electron chi connectivity index (χ3n) is 12.3. The lowest BCUT2D eigenvalue weighted by Crippen LogP contribution is -2.24. The van der Waals surface area contributed by atoms with E-state index in [1.54, 1.807) is 0 Å². The maximum atomic E-state index is 2.53. The van der Waals surface area contributed by atoms with Gasteiger partial charge in [0.25, 0.3) is 0 Å². The summed E-state index contributed by atoms with van der Waals surface area (Å²) in [6.45, 7) is 4.68. The Morgan fingerprint density at radius 1 is 0.309 bits per heavy atom. The van der Waals surface area contributed by atoms with Crippen LogP contribution in [0.1, 0.15) is 50.7 Å². The smallest absolute Gasteiger partial charge is 0.0215 e. The molecule has 0 saturated heterocycles. The van der Waals surface area contributed by atoms with Crippen LogP contribution >= 0.6 is 0 Å². The monoisotopic (exact) mass is 704 g/mol. The summed E-state index contributed by atoms with van der Waals surface area (Å²) in [4.78, 5) is 0. The van der Waals surface area contributed by atoms with Gasteiger partial charge in [0.15, 0.2) is 0 Å². The van der Waals surface area contributed by atoms with E-state index in [0.29, 0.717) is 0 Å². The van der Waals surface area contributed by atoms with Gasteiger partial charge >= 0.3 is 0 Å². The summed E-state index contributed by atoms with van der Waals surface area (Å²) >= 11 is 0. The van der Waals surface area contributed by atoms with Crippen molar-refractivity contribution in [3.8, 4) is 55.6 Å². The summed E-state index contributed by atoms with van der Waals surface area (Å²) in [6, 6.07) is 68.1. The van der Waals surface area contributed by atoms with Gasteiger partial charge in [0.05, 0.1) is 0 Å². The van der Waals surface area contributed by atoms with Crippen LogP contribution in [0.5, 0.6) is 0 Å². The molecule has 1 aliphatic rings. The lowest BCUT2D eigenvalue weighted by atomic mass is 9.71. The second kappa shape index (κ2) is 13.6. The highest BCUT2D eigenvalue weighted by Gasteiger charge is 2.41. The van der Waals surface area contributed by atoms with E-state index in [1.807, 2.05) is 0 Å². The van der Waals surface area contributed by atoms with Crippen LogP contribution in [0, 0.1) is 0 Å². The van der Waals surface area contributed by atoms with Gasteiger partial charge < -0.3 is 0 Å². The molecular weight excluding hydrogens is 661 g/mol. The van der Waals surface area contributed by atoms with Crippen molar-refractivity contribution >= 4 is 32.3 Å². The zero-order valence-electron chi connectivity index (χ0n) is 31.6. The van der Waals surface area contributed by atoms with Gasteiger partial charge in [0, 0.05) is 5.41 Å². The summed E-state index contributed by atoms with van der Waals surface area (Å²) in [6.07, 6.45) is 4.74. The molecule has 0 N–H and O–H groups in total. The van der Waals surface area contributed by atoms with Crippen LogP contribution in [-0.4, -0.2) is 0 Å². The Hall–Kier alpha value is -6.24. The second-order valence-electron chi connectivity index (χ2n) is 15.5. The molecule has 0 aromatic heterocycles. The molecule has 0 bridgehead atoms. The minimum Gasteiger partial charge on any atom is -0.0653 e. The molecule has 0 unspecified atom stereocenters. The molecule has 9 aromatic rings. The number of fused-ring (bicyclic) bond motifs is 8. The molecule has 0 heterocycles. The predicted molar refractivity (Wildman–Crippen MR) is 237 cm³/mol. The summed E-state index contributed by atoms with van der Waals surface area (Å²) in [7, 11) is 0. The average molecular weight is 705 g/mol. The van der Waals surface area contributed by atoms with Crippen molar-refractivity contribution in [1.82, 2.24) is 0 Å². The highest BCUT2D eigenvalue weighted by molar-refractivity contribution is 6.18. The maximum Gasteiger partial charge on any atom is 0.0215 e. The Balaban J connectivity index is 1.02. The molecule has 55 heavy (non-hydrogen) atoms. The topological polar surface area (TPSA) is 0 Å². The zero-order valence-corrected chi connectivity index (χ0v) is 31.6. The largest absolute Gasteiger partial charge is 0.0653 e. The van der Waals surface area contributed by atoms with Gasteiger partial charge in [-0.3, -0.25) is 0 Å². The van der Waals surface area contributed by atoms with Crippen LogP contribution in [0.2, 0.25) is 0 Å². The van der Waals surface area contributed by atoms with Crippen LogP contribution in [0.3, 0.4) is 0 Å². The zero-order chi connectivity index (χ0) is 36.9. The van der Waals surface area contributed by atoms with Crippen molar-refractivity contribution in [2.24, 2.45) is 0 Å². The number of hydrogen-bond donors (Lipinski definition) is 0. The highest BCUT2D eigenvalue weighted by Crippen LogP contribution is 2.55. The highest BCUT2D eigenvalue weighted by atomic mass is 14.4. The number of hydrogen-bond acceptors (Lipinski definition) is 0. The molecule has 1 aliphatic carbocycles. The van der Waals surface area contributed by atoms with Crippen LogP contribution in [0.25, 0.3) is 88.0 Å². The summed E-state index contributed by atoms with van der Waals surface area (Å²) < 4.78 is 0. The van der Waals surface area contributed by atoms with Crippen molar-refractivity contribution in [3.63, 3.8) is 0 Å². The Kier molecular flexibility index (Phi) is 8.22. The van der Waals surface area contributed by atoms with Crippen molar-refractivity contribution in [1.29, 1.82) is 0 Å². The Morgan fingerprint density at radius 3 is 1.38 bits per heavy atom. The second-order valence-corrected chi connectivity index (χ2v) is 15.5. The SMILES string of the molecule is CCCC1(CCC)c2ccccc2-c2cc3c(ccc4c5ccc(-c6ccc(-c7cc(-c8ccccc8)cc(-c8ccccc8)c7)cc6)cc5ccc34)cc21. The molecule has 0 fully saturated rings. The van der Waals surface area contributed by atoms with E-state index in [2.05, 4.69) is 196 Å². The predicted octanol–water partition coefficient (Wildman–Crippen LogP) is 15.7. The lowest BCUT2D eigenvalue weighted by molar-refractivity contribution is 0.436. The molecule has 0 saturated carbocycles. The van der Waals surface area contributed by atoms with Gasteiger partial charge in [0.2, 0.25) is 0 Å². The lowest BCUT2D eigenvalue weighted by Gasteiger charge is -2.32. The molecule has 0 spiro atoms. The number of benzene rings is 9. The molecule has 0 amide bonds. The minimum absolute atomic E-state index is 0.105. The quantitative estimate of drug-likeness (QED) is 0.138. The Morgan fingerprint density at radius 2 is 0.782 bits per heavy atom. The Bertz CT molecular complexity index is 2800. The van der Waals surface area contributed by atoms with E-state index in [1.165, 1.54) is 125 Å². The summed E-state index contributed by atoms with van der Waals surface area (Å²) in [5.41, 5.74) is 15.8. The van der Waals surface area contributed by atoms with E-state index in [-0.39, 0.29) is 5.41 Å². The van der Waals surface area contributed by atoms with Crippen LogP contribution in [0.4, 0.5) is 0 Å². The summed E-state index contributed by atoms with van der Waals surface area (Å²) in [5, 5.41) is 7.92. The van der Waals surface area contributed by atoms with Crippen molar-refractivity contribution in [2.75, 3.05) is 0 Å². The van der Waals surface area contributed by atoms with Crippen LogP contribution in [-0.2, 0) is 5.41 Å². The Labute approximate surface area is 324 Å². The average Bonchev–Trinajstić information content (AvgIpc) is 3.51. The molecule has 9 aromatic carbocycles. The van der Waals surface area contributed by atoms with E-state index < -0.39 is 0 Å². The summed E-state index contributed by atoms with van der Waals surface area (Å²) in [5.74, 6) is 0. The molecule has 10 rings (SSSR count). The molecule has 264 valence electrons. The van der Waals surface area contributed by atoms with Gasteiger partial charge in [-0.1, -0.05) is 172 Å². The third-order valence-corrected chi connectivity index (χ3v) is 12.3. The first-order chi connectivity index (χ1) is 27.1. The van der Waals surface area contributed by atoms with Gasteiger partial charge in [-0.25, -0.2) is 0 Å². The van der Waals surface area contributed by atoms with E-state index in [9.17, 15) is 0 Å². The van der Waals surface area contributed by atoms with Crippen LogP contribution < -0.4 is 0 Å². The van der Waals surface area contributed by atoms with Gasteiger partial charge in [-0.05, 0) is 148 Å². The first-order valence-corrected chi connectivity index (χ1v) is 20.0. The molecule has 0 radical (unpaired) electrons. The molecular formula is C55H44. The van der Waals surface area contributed by atoms with Gasteiger partial charge in [0.1, 0.15) is 0 Å². The first-order valence-electron chi connectivity index (χ1n) is 20.0. The molecule has 0 nitrogen and oxygen atoms in total. The number of rotatable bonds is 8. The standard InChI is InChI=1S/C55H44/c1-3-29-55(30-4-2)53-18-12-11-17-50(53)52-36-51-43(35-54(52)55)25-27-48-47-26-23-41(31-42(47)24-28-49(48)51)39-19-21-40(22-20-39)46-33-44(37-13-7-5-8-14-37)32-45(34-46)38-15-9-6-10-16-38/h5-28,31-36H,3-4,29-30H2,1-2H3.